The summed E-state index contributed by atoms with van der Waals surface area (Å²) in [5.41, 5.74) is 0.656. The lowest BCUT2D eigenvalue weighted by molar-refractivity contribution is -0.137. The van der Waals surface area contributed by atoms with E-state index in [2.05, 4.69) is 15.3 Å². The highest BCUT2D eigenvalue weighted by Gasteiger charge is 2.27. The molecular weight excluding hydrogens is 237 g/mol. The third-order valence-corrected chi connectivity index (χ3v) is 1.72. The minimum absolute atomic E-state index is 0.194. The van der Waals surface area contributed by atoms with E-state index in [1.807, 2.05) is 0 Å². The normalized spacial score (nSPS) is 11.2. The molecule has 1 aromatic rings. The summed E-state index contributed by atoms with van der Waals surface area (Å²) in [4.78, 5) is 18.6. The first-order valence-electron chi connectivity index (χ1n) is 4.76. The molecule has 0 radical (unpaired) electrons. The second-order valence-electron chi connectivity index (χ2n) is 3.20. The Balaban J connectivity index is 2.17. The topological polar surface area (TPSA) is 66.9 Å². The van der Waals surface area contributed by atoms with Gasteiger partial charge >= 0.3 is 6.18 Å². The van der Waals surface area contributed by atoms with Crippen LogP contribution in [-0.2, 0) is 11.3 Å². The molecule has 0 fully saturated rings. The molecule has 1 rings (SSSR count). The molecule has 0 aromatic carbocycles. The van der Waals surface area contributed by atoms with Crippen LogP contribution in [0.4, 0.5) is 13.2 Å². The maximum absolute atomic E-state index is 11.8. The zero-order chi connectivity index (χ0) is 12.7. The van der Waals surface area contributed by atoms with Gasteiger partial charge in [0.15, 0.2) is 0 Å². The van der Waals surface area contributed by atoms with E-state index in [-0.39, 0.29) is 6.54 Å². The van der Waals surface area contributed by atoms with Crippen molar-refractivity contribution in [1.29, 1.82) is 0 Å². The van der Waals surface area contributed by atoms with Crippen LogP contribution in [0.2, 0.25) is 0 Å². The van der Waals surface area contributed by atoms with Crippen molar-refractivity contribution in [3.05, 3.63) is 24.3 Å². The molecular formula is C9H11F3N4O. The van der Waals surface area contributed by atoms with Crippen LogP contribution in [0.1, 0.15) is 5.69 Å². The largest absolute Gasteiger partial charge is 0.405 e. The number of hydrogen-bond acceptors (Lipinski definition) is 4. The lowest BCUT2D eigenvalue weighted by Gasteiger charge is -2.08. The first-order chi connectivity index (χ1) is 7.97. The average Bonchev–Trinajstić information content (AvgIpc) is 2.27. The first kappa shape index (κ1) is 13.4. The molecule has 17 heavy (non-hydrogen) atoms. The number of nitrogens with zero attached hydrogens (tertiary/aromatic N) is 2. The fourth-order valence-electron chi connectivity index (χ4n) is 0.988. The van der Waals surface area contributed by atoms with E-state index in [1.165, 1.54) is 12.5 Å². The van der Waals surface area contributed by atoms with Gasteiger partial charge in [0, 0.05) is 12.7 Å². The molecule has 0 aliphatic heterocycles. The van der Waals surface area contributed by atoms with E-state index >= 15 is 0 Å². The van der Waals surface area contributed by atoms with Crippen LogP contribution in [0.15, 0.2) is 18.6 Å². The summed E-state index contributed by atoms with van der Waals surface area (Å²) in [7, 11) is 0. The monoisotopic (exact) mass is 248 g/mol. The summed E-state index contributed by atoms with van der Waals surface area (Å²) < 4.78 is 35.3. The van der Waals surface area contributed by atoms with Gasteiger partial charge in [0.25, 0.3) is 0 Å². The van der Waals surface area contributed by atoms with Crippen LogP contribution >= 0.6 is 0 Å². The Hall–Kier alpha value is -1.70. The summed E-state index contributed by atoms with van der Waals surface area (Å²) in [5.74, 6) is -0.712. The molecule has 0 saturated carbocycles. The highest BCUT2D eigenvalue weighted by molar-refractivity contribution is 5.77. The van der Waals surface area contributed by atoms with Crippen LogP contribution in [0, 0.1) is 0 Å². The number of hydrogen-bond donors (Lipinski definition) is 2. The molecule has 5 nitrogen and oxygen atoms in total. The van der Waals surface area contributed by atoms with Gasteiger partial charge in [-0.25, -0.2) is 9.97 Å². The quantitative estimate of drug-likeness (QED) is 0.783. The molecule has 0 saturated heterocycles. The maximum atomic E-state index is 11.8. The van der Waals surface area contributed by atoms with E-state index in [0.717, 1.165) is 0 Å². The summed E-state index contributed by atoms with van der Waals surface area (Å²) in [6, 6.07) is 1.64. The minimum atomic E-state index is -4.39. The lowest BCUT2D eigenvalue weighted by Crippen LogP contribution is -2.39. The average molecular weight is 248 g/mol. The fraction of sp³-hybridized carbons (Fsp3) is 0.444. The summed E-state index contributed by atoms with van der Waals surface area (Å²) in [5, 5.41) is 4.42. The zero-order valence-electron chi connectivity index (χ0n) is 8.79. The first-order valence-corrected chi connectivity index (χ1v) is 4.76. The van der Waals surface area contributed by atoms with E-state index in [1.54, 1.807) is 11.4 Å². The molecule has 1 aromatic heterocycles. The van der Waals surface area contributed by atoms with Crippen molar-refractivity contribution in [2.24, 2.45) is 0 Å². The maximum Gasteiger partial charge on any atom is 0.405 e. The van der Waals surface area contributed by atoms with Crippen molar-refractivity contribution in [3.63, 3.8) is 0 Å². The third-order valence-electron chi connectivity index (χ3n) is 1.72. The van der Waals surface area contributed by atoms with Gasteiger partial charge in [-0.15, -0.1) is 0 Å². The van der Waals surface area contributed by atoms with Crippen LogP contribution in [0.5, 0.6) is 0 Å². The summed E-state index contributed by atoms with van der Waals surface area (Å²) >= 11 is 0. The Morgan fingerprint density at radius 1 is 1.41 bits per heavy atom. The molecule has 0 aliphatic rings. The number of halogens is 3. The number of aromatic nitrogens is 2. The van der Waals surface area contributed by atoms with Gasteiger partial charge in [-0.2, -0.15) is 13.2 Å². The predicted octanol–water partition coefficient (Wildman–Crippen LogP) is 0.245. The third kappa shape index (κ3) is 6.46. The number of carbonyl (C=O) groups excluding carboxylic acids is 1. The highest BCUT2D eigenvalue weighted by atomic mass is 19.4. The van der Waals surface area contributed by atoms with Crippen molar-refractivity contribution < 1.29 is 18.0 Å². The van der Waals surface area contributed by atoms with E-state index in [0.29, 0.717) is 12.2 Å². The Morgan fingerprint density at radius 2 is 2.18 bits per heavy atom. The van der Waals surface area contributed by atoms with Gasteiger partial charge in [0.2, 0.25) is 5.91 Å². The zero-order valence-corrected chi connectivity index (χ0v) is 8.79. The van der Waals surface area contributed by atoms with Gasteiger partial charge in [0.1, 0.15) is 12.9 Å². The van der Waals surface area contributed by atoms with E-state index in [4.69, 9.17) is 0 Å². The predicted molar refractivity (Wildman–Crippen MR) is 52.8 cm³/mol. The van der Waals surface area contributed by atoms with Crippen molar-refractivity contribution in [2.75, 3.05) is 13.1 Å². The standard InChI is InChI=1S/C9H11F3N4O/c10-9(11,12)5-15-8(17)4-14-3-7-1-2-13-6-16-7/h1-2,6,14H,3-5H2,(H,15,17). The number of carbonyl (C=O) groups is 1. The van der Waals surface area contributed by atoms with Crippen molar-refractivity contribution in [3.8, 4) is 0 Å². The van der Waals surface area contributed by atoms with Crippen LogP contribution in [0.3, 0.4) is 0 Å². The minimum Gasteiger partial charge on any atom is -0.346 e. The highest BCUT2D eigenvalue weighted by Crippen LogP contribution is 2.11. The molecule has 1 amide bonds. The van der Waals surface area contributed by atoms with E-state index < -0.39 is 18.6 Å². The Labute approximate surface area is 95.5 Å². The summed E-state index contributed by atoms with van der Waals surface area (Å²) in [6.45, 7) is -1.22. The van der Waals surface area contributed by atoms with Gasteiger partial charge < -0.3 is 10.6 Å². The number of nitrogens with one attached hydrogen (secondary N) is 2. The Bertz CT molecular complexity index is 355. The lowest BCUT2D eigenvalue weighted by atomic mass is 10.4. The van der Waals surface area contributed by atoms with Crippen molar-refractivity contribution >= 4 is 5.91 Å². The van der Waals surface area contributed by atoms with Crippen LogP contribution in [0.25, 0.3) is 0 Å². The van der Waals surface area contributed by atoms with Crippen molar-refractivity contribution in [1.82, 2.24) is 20.6 Å². The van der Waals surface area contributed by atoms with Crippen LogP contribution < -0.4 is 10.6 Å². The molecule has 0 atom stereocenters. The number of alkyl halides is 3. The second kappa shape index (κ2) is 6.14. The van der Waals surface area contributed by atoms with E-state index in [9.17, 15) is 18.0 Å². The van der Waals surface area contributed by atoms with Crippen LogP contribution in [-0.4, -0.2) is 35.1 Å². The SMILES string of the molecule is O=C(CNCc1ccncn1)NCC(F)(F)F. The molecule has 1 heterocycles. The molecule has 2 N–H and O–H groups in total. The van der Waals surface area contributed by atoms with Gasteiger partial charge in [-0.1, -0.05) is 0 Å². The van der Waals surface area contributed by atoms with Gasteiger partial charge in [-0.05, 0) is 6.07 Å². The fourth-order valence-corrected chi connectivity index (χ4v) is 0.988. The molecule has 0 unspecified atom stereocenters. The number of amides is 1. The van der Waals surface area contributed by atoms with Gasteiger partial charge in [0.05, 0.1) is 12.2 Å². The summed E-state index contributed by atoms with van der Waals surface area (Å²) in [6.07, 6.45) is -1.50. The Morgan fingerprint density at radius 3 is 2.76 bits per heavy atom. The molecule has 0 spiro atoms. The Kier molecular flexibility index (Phi) is 4.83. The molecule has 0 aliphatic carbocycles. The molecule has 8 heteroatoms. The molecule has 94 valence electrons. The van der Waals surface area contributed by atoms with Crippen molar-refractivity contribution in [2.45, 2.75) is 12.7 Å². The smallest absolute Gasteiger partial charge is 0.346 e. The van der Waals surface area contributed by atoms with Gasteiger partial charge in [-0.3, -0.25) is 4.79 Å². The molecule has 0 bridgehead atoms. The number of rotatable bonds is 5. The second-order valence-corrected chi connectivity index (χ2v) is 3.20.